The van der Waals surface area contributed by atoms with Crippen molar-refractivity contribution in [1.82, 2.24) is 5.32 Å². The molecular weight excluding hydrogens is 524 g/mol. The van der Waals surface area contributed by atoms with Gasteiger partial charge < -0.3 is 11.1 Å². The van der Waals surface area contributed by atoms with Crippen LogP contribution < -0.4 is 20.6 Å². The molecule has 2 aromatic carbocycles. The molecule has 2 unspecified atom stereocenters. The Balaban J connectivity index is 1.95. The molecule has 0 radical (unpaired) electrons. The number of carbonyl (C=O) groups excluding carboxylic acids is 1. The van der Waals surface area contributed by atoms with Crippen molar-refractivity contribution in [2.45, 2.75) is 46.3 Å². The number of hydrogen-bond donors (Lipinski definition) is 2. The highest BCUT2D eigenvalue weighted by atomic mass is 19.2. The molecule has 0 fully saturated rings. The first-order valence-electron chi connectivity index (χ1n) is 12.9. The van der Waals surface area contributed by atoms with Gasteiger partial charge in [0.25, 0.3) is 0 Å². The SMILES string of the molecule is CCCC(C)C(=O)NC(=C/N)/C(=N/C(C)F)c1cccc(Cc2ccc(-c3c(F)ccc(F)c3F)c[n+]2OC)c1. The van der Waals surface area contributed by atoms with Crippen LogP contribution in [0.25, 0.3) is 11.1 Å². The maximum absolute atomic E-state index is 14.4. The Labute approximate surface area is 231 Å². The molecule has 10 heteroatoms. The minimum atomic E-state index is -1.56. The summed E-state index contributed by atoms with van der Waals surface area (Å²) in [4.78, 5) is 22.1. The van der Waals surface area contributed by atoms with Crippen LogP contribution in [0, 0.1) is 23.4 Å². The van der Waals surface area contributed by atoms with E-state index in [1.165, 1.54) is 37.2 Å². The van der Waals surface area contributed by atoms with E-state index in [1.54, 1.807) is 31.2 Å². The normalized spacial score (nSPS) is 13.6. The number of allylic oxidation sites excluding steroid dienone is 1. The number of hydrogen-bond acceptors (Lipinski definition) is 4. The van der Waals surface area contributed by atoms with E-state index < -0.39 is 29.3 Å². The van der Waals surface area contributed by atoms with Gasteiger partial charge in [-0.15, -0.1) is 0 Å². The van der Waals surface area contributed by atoms with E-state index in [2.05, 4.69) is 10.3 Å². The number of amides is 1. The molecule has 0 bridgehead atoms. The first-order valence-corrected chi connectivity index (χ1v) is 12.9. The first kappa shape index (κ1) is 30.3. The second-order valence-electron chi connectivity index (χ2n) is 9.32. The van der Waals surface area contributed by atoms with Crippen LogP contribution in [0.1, 0.15) is 50.4 Å². The van der Waals surface area contributed by atoms with Gasteiger partial charge in [-0.05, 0) is 43.2 Å². The highest BCUT2D eigenvalue weighted by molar-refractivity contribution is 6.14. The van der Waals surface area contributed by atoms with E-state index >= 15 is 0 Å². The molecule has 0 spiro atoms. The van der Waals surface area contributed by atoms with Crippen molar-refractivity contribution in [1.29, 1.82) is 0 Å². The average molecular weight is 558 g/mol. The lowest BCUT2D eigenvalue weighted by Gasteiger charge is -2.17. The van der Waals surface area contributed by atoms with Crippen LogP contribution in [0.4, 0.5) is 17.6 Å². The second-order valence-corrected chi connectivity index (χ2v) is 9.32. The van der Waals surface area contributed by atoms with E-state index in [9.17, 15) is 22.4 Å². The van der Waals surface area contributed by atoms with E-state index in [-0.39, 0.29) is 28.8 Å². The summed E-state index contributed by atoms with van der Waals surface area (Å²) in [7, 11) is 1.38. The first-order chi connectivity index (χ1) is 19.1. The largest absolute Gasteiger partial charge is 0.403 e. The summed E-state index contributed by atoms with van der Waals surface area (Å²) in [6.07, 6.45) is 2.80. The monoisotopic (exact) mass is 557 g/mol. The van der Waals surface area contributed by atoms with Crippen molar-refractivity contribution in [3.05, 3.63) is 101 Å². The maximum atomic E-state index is 14.4. The minimum Gasteiger partial charge on any atom is -0.403 e. The molecule has 3 aromatic rings. The summed E-state index contributed by atoms with van der Waals surface area (Å²) in [6, 6.07) is 11.7. The lowest BCUT2D eigenvalue weighted by molar-refractivity contribution is -0.889. The summed E-state index contributed by atoms with van der Waals surface area (Å²) in [6.45, 7) is 5.05. The highest BCUT2D eigenvalue weighted by Gasteiger charge is 2.22. The number of pyridine rings is 1. The number of halogens is 4. The summed E-state index contributed by atoms with van der Waals surface area (Å²) < 4.78 is 57.9. The van der Waals surface area contributed by atoms with Gasteiger partial charge in [0.2, 0.25) is 17.8 Å². The zero-order valence-corrected chi connectivity index (χ0v) is 22.8. The molecule has 6 nitrogen and oxygen atoms in total. The number of benzene rings is 2. The molecule has 0 saturated carbocycles. The van der Waals surface area contributed by atoms with Gasteiger partial charge in [0.15, 0.2) is 17.9 Å². The van der Waals surface area contributed by atoms with Crippen molar-refractivity contribution in [2.24, 2.45) is 16.6 Å². The van der Waals surface area contributed by atoms with Crippen molar-refractivity contribution >= 4 is 11.6 Å². The van der Waals surface area contributed by atoms with Gasteiger partial charge in [-0.3, -0.25) is 9.63 Å². The minimum absolute atomic E-state index is 0.0889. The molecule has 2 atom stereocenters. The Morgan fingerprint density at radius 2 is 1.85 bits per heavy atom. The number of alkyl halides is 1. The average Bonchev–Trinajstić information content (AvgIpc) is 2.93. The fourth-order valence-electron chi connectivity index (χ4n) is 4.27. The number of nitrogens with zero attached hydrogens (tertiary/aromatic N) is 2. The highest BCUT2D eigenvalue weighted by Crippen LogP contribution is 2.27. The molecule has 1 heterocycles. The molecule has 0 saturated heterocycles. The lowest BCUT2D eigenvalue weighted by atomic mass is 10.00. The molecule has 0 aliphatic carbocycles. The van der Waals surface area contributed by atoms with Crippen LogP contribution in [0.3, 0.4) is 0 Å². The number of aromatic nitrogens is 1. The molecule has 3 N–H and O–H groups in total. The zero-order valence-electron chi connectivity index (χ0n) is 22.8. The molecule has 1 amide bonds. The van der Waals surface area contributed by atoms with E-state index in [1.807, 2.05) is 13.0 Å². The van der Waals surface area contributed by atoms with Crippen LogP contribution in [0.15, 0.2) is 71.6 Å². The number of aliphatic imine (C=N–C) groups is 1. The maximum Gasteiger partial charge on any atom is 0.238 e. The quantitative estimate of drug-likeness (QED) is 0.112. The number of rotatable bonds is 11. The Kier molecular flexibility index (Phi) is 10.4. The predicted molar refractivity (Wildman–Crippen MR) is 145 cm³/mol. The van der Waals surface area contributed by atoms with Crippen molar-refractivity contribution in [3.8, 4) is 11.1 Å². The van der Waals surface area contributed by atoms with E-state index in [4.69, 9.17) is 10.6 Å². The number of nitrogens with two attached hydrogens (primary N) is 1. The smallest absolute Gasteiger partial charge is 0.238 e. The third-order valence-corrected chi connectivity index (χ3v) is 6.27. The molecule has 40 heavy (non-hydrogen) atoms. The van der Waals surface area contributed by atoms with Crippen LogP contribution in [0.5, 0.6) is 0 Å². The van der Waals surface area contributed by atoms with Gasteiger partial charge in [-0.2, -0.15) is 0 Å². The number of carbonyl (C=O) groups is 1. The number of nitrogens with one attached hydrogen (secondary N) is 1. The Bertz CT molecular complexity index is 1420. The van der Waals surface area contributed by atoms with Crippen LogP contribution in [-0.2, 0) is 11.2 Å². The topological polar surface area (TPSA) is 80.6 Å². The van der Waals surface area contributed by atoms with E-state index in [0.29, 0.717) is 24.1 Å². The van der Waals surface area contributed by atoms with Crippen LogP contribution in [0.2, 0.25) is 0 Å². The van der Waals surface area contributed by atoms with Gasteiger partial charge in [-0.25, -0.2) is 22.6 Å². The van der Waals surface area contributed by atoms with Crippen LogP contribution >= 0.6 is 0 Å². The summed E-state index contributed by atoms with van der Waals surface area (Å²) in [5.41, 5.74) is 7.67. The molecular formula is C30H33F4N4O2+. The molecule has 3 rings (SSSR count). The standard InChI is InChI=1S/C30H32F4N4O2/c1-5-7-18(2)30(39)37-26(16-35)29(36-19(3)31)21-9-6-8-20(14-21)15-23-11-10-22(17-38(23)40-4)27-24(32)12-13-25(33)28(27)34/h6,8-14,16-19H,5,7,15H2,1-4H3,(H2-,35,36,37,39)/p+1. The third-order valence-electron chi connectivity index (χ3n) is 6.27. The summed E-state index contributed by atoms with van der Waals surface area (Å²) in [5, 5.41) is 2.77. The third kappa shape index (κ3) is 7.25. The zero-order chi connectivity index (χ0) is 29.4. The molecule has 0 aliphatic heterocycles. The van der Waals surface area contributed by atoms with Crippen LogP contribution in [-0.4, -0.2) is 25.0 Å². The Morgan fingerprint density at radius 3 is 2.50 bits per heavy atom. The van der Waals surface area contributed by atoms with Crippen molar-refractivity contribution in [3.63, 3.8) is 0 Å². The van der Waals surface area contributed by atoms with Crippen molar-refractivity contribution in [2.75, 3.05) is 7.11 Å². The summed E-state index contributed by atoms with van der Waals surface area (Å²) >= 11 is 0. The van der Waals surface area contributed by atoms with Gasteiger partial charge in [0.1, 0.15) is 12.9 Å². The van der Waals surface area contributed by atoms with Gasteiger partial charge >= 0.3 is 0 Å². The molecule has 212 valence electrons. The fourth-order valence-corrected chi connectivity index (χ4v) is 4.27. The second kappa shape index (κ2) is 13.7. The Hall–Kier alpha value is -4.21. The lowest BCUT2D eigenvalue weighted by Crippen LogP contribution is -2.44. The fraction of sp³-hybridized carbons (Fsp3) is 0.300. The van der Waals surface area contributed by atoms with E-state index in [0.717, 1.165) is 24.1 Å². The predicted octanol–water partition coefficient (Wildman–Crippen LogP) is 5.16. The molecule has 0 aliphatic rings. The summed E-state index contributed by atoms with van der Waals surface area (Å²) in [5.74, 6) is -3.88. The van der Waals surface area contributed by atoms with Gasteiger partial charge in [0.05, 0.1) is 29.0 Å². The van der Waals surface area contributed by atoms with Crippen molar-refractivity contribution < 1.29 is 31.9 Å². The van der Waals surface area contributed by atoms with Gasteiger partial charge in [0, 0.05) is 28.5 Å². The molecule has 1 aromatic heterocycles. The Morgan fingerprint density at radius 1 is 1.12 bits per heavy atom. The van der Waals surface area contributed by atoms with Gasteiger partial charge in [-0.1, -0.05) is 38.5 Å².